The smallest absolute Gasteiger partial charge is 0.335 e. The van der Waals surface area contributed by atoms with E-state index in [-0.39, 0.29) is 34.7 Å². The molecule has 3 N–H and O–H groups in total. The third-order valence-corrected chi connectivity index (χ3v) is 8.15. The maximum Gasteiger partial charge on any atom is 0.335 e. The molecule has 44 heavy (non-hydrogen) atoms. The summed E-state index contributed by atoms with van der Waals surface area (Å²) in [6.07, 6.45) is 5.46. The highest BCUT2D eigenvalue weighted by atomic mass is 16.4. The van der Waals surface area contributed by atoms with Crippen LogP contribution in [0, 0.1) is 5.92 Å². The number of carbonyl (C=O) groups excluding carboxylic acids is 3. The van der Waals surface area contributed by atoms with E-state index < -0.39 is 17.7 Å². The van der Waals surface area contributed by atoms with Gasteiger partial charge in [0.15, 0.2) is 0 Å². The lowest BCUT2D eigenvalue weighted by atomic mass is 9.98. The largest absolute Gasteiger partial charge is 0.478 e. The second kappa shape index (κ2) is 12.4. The summed E-state index contributed by atoms with van der Waals surface area (Å²) < 4.78 is 1.98. The number of nitrogens with zero attached hydrogens (tertiary/aromatic N) is 1. The summed E-state index contributed by atoms with van der Waals surface area (Å²) in [5.74, 6) is -2.91. The van der Waals surface area contributed by atoms with Crippen LogP contribution in [0.25, 0.3) is 10.9 Å². The molecule has 1 heterocycles. The van der Waals surface area contributed by atoms with E-state index in [1.54, 1.807) is 12.3 Å². The molecule has 4 aromatic carbocycles. The quantitative estimate of drug-likeness (QED) is 0.128. The maximum absolute atomic E-state index is 13.8. The minimum atomic E-state index is -1.14. The molecule has 8 nitrogen and oxygen atoms in total. The molecule has 0 atom stereocenters. The van der Waals surface area contributed by atoms with Gasteiger partial charge in [0.05, 0.1) is 17.2 Å². The van der Waals surface area contributed by atoms with Crippen molar-refractivity contribution in [2.45, 2.75) is 31.7 Å². The van der Waals surface area contributed by atoms with Gasteiger partial charge < -0.3 is 20.3 Å². The van der Waals surface area contributed by atoms with Gasteiger partial charge >= 0.3 is 5.97 Å². The molecule has 2 amide bonds. The number of amides is 2. The molecule has 0 spiro atoms. The number of benzene rings is 4. The summed E-state index contributed by atoms with van der Waals surface area (Å²) in [6.45, 7) is 0. The van der Waals surface area contributed by atoms with E-state index in [4.69, 9.17) is 0 Å². The molecular formula is C36H31N3O5. The number of fused-ring (bicyclic) bond motifs is 1. The van der Waals surface area contributed by atoms with Gasteiger partial charge in [0.25, 0.3) is 11.7 Å². The van der Waals surface area contributed by atoms with Crippen LogP contribution in [0.15, 0.2) is 109 Å². The SMILES string of the molecule is O=C(Nc1cccc(C(=O)O)c1)C(=O)c1cn(C(c2ccccc2)c2ccccc2)c2ccc(NC(=O)C3CCCC3)cc12. The van der Waals surface area contributed by atoms with Crippen LogP contribution in [0.1, 0.15) is 63.6 Å². The third kappa shape index (κ3) is 5.87. The highest BCUT2D eigenvalue weighted by molar-refractivity contribution is 6.48. The van der Waals surface area contributed by atoms with E-state index in [0.717, 1.165) is 36.8 Å². The molecule has 0 aliphatic heterocycles. The van der Waals surface area contributed by atoms with Crippen molar-refractivity contribution in [3.05, 3.63) is 132 Å². The zero-order valence-corrected chi connectivity index (χ0v) is 23.9. The molecule has 0 radical (unpaired) electrons. The Kier molecular flexibility index (Phi) is 8.06. The van der Waals surface area contributed by atoms with Crippen molar-refractivity contribution in [3.8, 4) is 0 Å². The van der Waals surface area contributed by atoms with E-state index in [1.807, 2.05) is 77.4 Å². The topological polar surface area (TPSA) is 118 Å². The molecule has 0 bridgehead atoms. The van der Waals surface area contributed by atoms with Crippen LogP contribution in [0.5, 0.6) is 0 Å². The number of aromatic carboxylic acids is 1. The van der Waals surface area contributed by atoms with Crippen LogP contribution in [0.2, 0.25) is 0 Å². The van der Waals surface area contributed by atoms with Crippen molar-refractivity contribution in [2.75, 3.05) is 10.6 Å². The normalized spacial score (nSPS) is 13.2. The average molecular weight is 586 g/mol. The van der Waals surface area contributed by atoms with Gasteiger partial charge in [0, 0.05) is 34.4 Å². The van der Waals surface area contributed by atoms with E-state index in [2.05, 4.69) is 10.6 Å². The number of nitrogens with one attached hydrogen (secondary N) is 2. The van der Waals surface area contributed by atoms with Crippen molar-refractivity contribution >= 4 is 45.8 Å². The van der Waals surface area contributed by atoms with Crippen LogP contribution in [0.3, 0.4) is 0 Å². The number of hydrogen-bond acceptors (Lipinski definition) is 4. The Bertz CT molecular complexity index is 1820. The summed E-state index contributed by atoms with van der Waals surface area (Å²) in [7, 11) is 0. The lowest BCUT2D eigenvalue weighted by Crippen LogP contribution is -2.23. The van der Waals surface area contributed by atoms with Crippen LogP contribution < -0.4 is 10.6 Å². The number of carbonyl (C=O) groups is 4. The van der Waals surface area contributed by atoms with Crippen molar-refractivity contribution in [2.24, 2.45) is 5.92 Å². The summed E-state index contributed by atoms with van der Waals surface area (Å²) in [5.41, 5.74) is 3.59. The fraction of sp³-hybridized carbons (Fsp3) is 0.167. The highest BCUT2D eigenvalue weighted by Crippen LogP contribution is 2.35. The first-order chi connectivity index (χ1) is 21.4. The van der Waals surface area contributed by atoms with Gasteiger partial charge in [-0.3, -0.25) is 14.4 Å². The summed E-state index contributed by atoms with van der Waals surface area (Å²) >= 11 is 0. The first-order valence-electron chi connectivity index (χ1n) is 14.6. The van der Waals surface area contributed by atoms with Crippen LogP contribution >= 0.6 is 0 Å². The molecular weight excluding hydrogens is 554 g/mol. The number of anilines is 2. The maximum atomic E-state index is 13.8. The molecule has 1 aliphatic carbocycles. The van der Waals surface area contributed by atoms with E-state index in [9.17, 15) is 24.3 Å². The second-order valence-corrected chi connectivity index (χ2v) is 11.0. The fourth-order valence-corrected chi connectivity index (χ4v) is 5.98. The van der Waals surface area contributed by atoms with Gasteiger partial charge in [-0.25, -0.2) is 4.79 Å². The van der Waals surface area contributed by atoms with Crippen molar-refractivity contribution < 1.29 is 24.3 Å². The van der Waals surface area contributed by atoms with Gasteiger partial charge in [-0.05, 0) is 60.4 Å². The summed E-state index contributed by atoms with van der Waals surface area (Å²) in [4.78, 5) is 51.5. The first-order valence-corrected chi connectivity index (χ1v) is 14.6. The monoisotopic (exact) mass is 585 g/mol. The van der Waals surface area contributed by atoms with E-state index in [1.165, 1.54) is 24.3 Å². The Balaban J connectivity index is 1.44. The molecule has 0 unspecified atom stereocenters. The summed E-state index contributed by atoms with van der Waals surface area (Å²) in [5, 5.41) is 15.4. The van der Waals surface area contributed by atoms with Gasteiger partial charge in [0.2, 0.25) is 5.91 Å². The van der Waals surface area contributed by atoms with Crippen LogP contribution in [-0.2, 0) is 9.59 Å². The molecule has 8 heteroatoms. The molecule has 1 aliphatic rings. The predicted octanol–water partition coefficient (Wildman–Crippen LogP) is 6.93. The number of ketones is 1. The lowest BCUT2D eigenvalue weighted by Gasteiger charge is -2.21. The van der Waals surface area contributed by atoms with Crippen molar-refractivity contribution in [1.29, 1.82) is 0 Å². The number of hydrogen-bond donors (Lipinski definition) is 3. The number of carboxylic acid groups (broad SMARTS) is 1. The van der Waals surface area contributed by atoms with Gasteiger partial charge in [-0.15, -0.1) is 0 Å². The predicted molar refractivity (Wildman–Crippen MR) is 169 cm³/mol. The molecule has 220 valence electrons. The summed E-state index contributed by atoms with van der Waals surface area (Å²) in [6, 6.07) is 30.6. The Morgan fingerprint density at radius 1 is 0.727 bits per heavy atom. The Morgan fingerprint density at radius 3 is 2.00 bits per heavy atom. The number of Topliss-reactive ketones (excluding diaryl/α,β-unsaturated/α-hetero) is 1. The molecule has 1 saturated carbocycles. The van der Waals surface area contributed by atoms with Gasteiger partial charge in [-0.1, -0.05) is 79.6 Å². The Morgan fingerprint density at radius 2 is 1.36 bits per heavy atom. The Labute approximate surface area is 254 Å². The van der Waals surface area contributed by atoms with Gasteiger partial charge in [0.1, 0.15) is 0 Å². The van der Waals surface area contributed by atoms with E-state index in [0.29, 0.717) is 16.6 Å². The first kappa shape index (κ1) is 28.6. The number of carboxylic acids is 1. The van der Waals surface area contributed by atoms with Crippen molar-refractivity contribution in [1.82, 2.24) is 4.57 Å². The van der Waals surface area contributed by atoms with Crippen molar-refractivity contribution in [3.63, 3.8) is 0 Å². The van der Waals surface area contributed by atoms with Crippen LogP contribution in [0.4, 0.5) is 11.4 Å². The lowest BCUT2D eigenvalue weighted by molar-refractivity contribution is -0.119. The zero-order chi connectivity index (χ0) is 30.6. The second-order valence-electron chi connectivity index (χ2n) is 11.0. The minimum Gasteiger partial charge on any atom is -0.478 e. The molecule has 6 rings (SSSR count). The Hall–Kier alpha value is -5.50. The number of rotatable bonds is 9. The number of aromatic nitrogens is 1. The van der Waals surface area contributed by atoms with E-state index >= 15 is 0 Å². The molecule has 1 aromatic heterocycles. The highest BCUT2D eigenvalue weighted by Gasteiger charge is 2.27. The average Bonchev–Trinajstić information content (AvgIpc) is 3.71. The fourth-order valence-electron chi connectivity index (χ4n) is 5.98. The minimum absolute atomic E-state index is 0.0111. The van der Waals surface area contributed by atoms with Crippen LogP contribution in [-0.4, -0.2) is 33.2 Å². The molecule has 1 fully saturated rings. The molecule has 5 aromatic rings. The van der Waals surface area contributed by atoms with Gasteiger partial charge in [-0.2, -0.15) is 0 Å². The standard InChI is InChI=1S/C36H31N3O5/c40-33(35(42)38-27-17-9-16-26(20-27)36(43)44)30-22-39(32(23-10-3-1-4-11-23)24-12-5-2-6-13-24)31-19-18-28(21-29(30)31)37-34(41)25-14-7-8-15-25/h1-6,9-13,16-22,25,32H,7-8,14-15H2,(H,37,41)(H,38,42)(H,43,44). The molecule has 0 saturated heterocycles. The zero-order valence-electron chi connectivity index (χ0n) is 23.9. The third-order valence-electron chi connectivity index (χ3n) is 8.15.